The lowest BCUT2D eigenvalue weighted by molar-refractivity contribution is -0.133. The molecule has 2 heterocycles. The topological polar surface area (TPSA) is 53.8 Å². The molecule has 1 aromatic heterocycles. The van der Waals surface area contributed by atoms with Crippen molar-refractivity contribution in [1.82, 2.24) is 9.80 Å². The fourth-order valence-electron chi connectivity index (χ4n) is 3.15. The molecule has 0 spiro atoms. The molecule has 2 aromatic rings. The van der Waals surface area contributed by atoms with Gasteiger partial charge in [0.15, 0.2) is 5.76 Å². The van der Waals surface area contributed by atoms with Gasteiger partial charge in [-0.05, 0) is 30.5 Å². The molecule has 25 heavy (non-hydrogen) atoms. The fraction of sp³-hybridized carbons (Fsp3) is 0.400. The number of carbonyl (C=O) groups excluding carboxylic acids is 2. The third kappa shape index (κ3) is 4.10. The smallest absolute Gasteiger partial charge is 0.289 e. The van der Waals surface area contributed by atoms with Crippen LogP contribution in [0.25, 0.3) is 0 Å². The number of amides is 2. The second kappa shape index (κ2) is 7.55. The van der Waals surface area contributed by atoms with Crippen molar-refractivity contribution < 1.29 is 14.0 Å². The maximum Gasteiger partial charge on any atom is 0.289 e. The Hall–Kier alpha value is -2.56. The van der Waals surface area contributed by atoms with Gasteiger partial charge in [0.1, 0.15) is 5.76 Å². The highest BCUT2D eigenvalue weighted by atomic mass is 16.3. The molecule has 1 aliphatic heterocycles. The van der Waals surface area contributed by atoms with E-state index in [0.717, 1.165) is 5.76 Å². The summed E-state index contributed by atoms with van der Waals surface area (Å²) in [5.41, 5.74) is 1.18. The van der Waals surface area contributed by atoms with Crippen molar-refractivity contribution in [2.75, 3.05) is 26.2 Å². The summed E-state index contributed by atoms with van der Waals surface area (Å²) < 4.78 is 5.40. The van der Waals surface area contributed by atoms with Crippen LogP contribution in [-0.2, 0) is 4.79 Å². The summed E-state index contributed by atoms with van der Waals surface area (Å²) in [5, 5.41) is 0. The van der Waals surface area contributed by atoms with Crippen LogP contribution in [0.5, 0.6) is 0 Å². The van der Waals surface area contributed by atoms with Crippen LogP contribution in [-0.4, -0.2) is 47.8 Å². The molecule has 5 nitrogen and oxygen atoms in total. The summed E-state index contributed by atoms with van der Waals surface area (Å²) in [6.45, 7) is 6.14. The minimum atomic E-state index is -0.0992. The first-order chi connectivity index (χ1) is 12.0. The Kier molecular flexibility index (Phi) is 5.22. The first kappa shape index (κ1) is 17.3. The first-order valence-corrected chi connectivity index (χ1v) is 8.73. The number of furan rings is 1. The number of hydrogen-bond acceptors (Lipinski definition) is 3. The maximum atomic E-state index is 12.5. The number of piperazine rings is 1. The number of hydrogen-bond donors (Lipinski definition) is 0. The summed E-state index contributed by atoms with van der Waals surface area (Å²) in [6, 6.07) is 13.6. The molecule has 0 bridgehead atoms. The molecule has 1 aromatic carbocycles. The average molecular weight is 340 g/mol. The van der Waals surface area contributed by atoms with E-state index in [1.165, 1.54) is 5.56 Å². The molecule has 1 saturated heterocycles. The highest BCUT2D eigenvalue weighted by Gasteiger charge is 2.27. The number of benzene rings is 1. The van der Waals surface area contributed by atoms with Crippen molar-refractivity contribution in [2.45, 2.75) is 26.2 Å². The molecule has 2 amide bonds. The Bertz CT molecular complexity index is 730. The van der Waals surface area contributed by atoms with Gasteiger partial charge >= 0.3 is 0 Å². The van der Waals surface area contributed by atoms with Crippen molar-refractivity contribution in [1.29, 1.82) is 0 Å². The maximum absolute atomic E-state index is 12.5. The van der Waals surface area contributed by atoms with Gasteiger partial charge in [-0.3, -0.25) is 9.59 Å². The van der Waals surface area contributed by atoms with Gasteiger partial charge in [-0.2, -0.15) is 0 Å². The van der Waals surface area contributed by atoms with Gasteiger partial charge in [0.25, 0.3) is 5.91 Å². The minimum Gasteiger partial charge on any atom is -0.456 e. The lowest BCUT2D eigenvalue weighted by Crippen LogP contribution is -2.50. The van der Waals surface area contributed by atoms with Gasteiger partial charge < -0.3 is 14.2 Å². The number of rotatable bonds is 4. The van der Waals surface area contributed by atoms with E-state index in [0.29, 0.717) is 38.4 Å². The van der Waals surface area contributed by atoms with Crippen LogP contribution in [0.4, 0.5) is 0 Å². The molecule has 0 aliphatic carbocycles. The van der Waals surface area contributed by atoms with Crippen LogP contribution >= 0.6 is 0 Å². The SMILES string of the molecule is Cc1ccc(C(=O)N2CCN(C(=O)C[C@@H](C)c3ccccc3)CC2)o1. The van der Waals surface area contributed by atoms with E-state index < -0.39 is 0 Å². The average Bonchev–Trinajstić information content (AvgIpc) is 3.08. The van der Waals surface area contributed by atoms with Gasteiger partial charge in [-0.1, -0.05) is 37.3 Å². The zero-order valence-corrected chi connectivity index (χ0v) is 14.8. The van der Waals surface area contributed by atoms with Crippen LogP contribution in [0.1, 0.15) is 41.1 Å². The standard InChI is InChI=1S/C20H24N2O3/c1-15(17-6-4-3-5-7-17)14-19(23)21-10-12-22(13-11-21)20(24)18-9-8-16(2)25-18/h3-9,15H,10-14H2,1-2H3/t15-/m1/s1. The zero-order valence-electron chi connectivity index (χ0n) is 14.8. The van der Waals surface area contributed by atoms with Crippen molar-refractivity contribution in [2.24, 2.45) is 0 Å². The van der Waals surface area contributed by atoms with Gasteiger partial charge in [0.05, 0.1) is 0 Å². The molecule has 0 unspecified atom stereocenters. The van der Waals surface area contributed by atoms with E-state index in [9.17, 15) is 9.59 Å². The predicted molar refractivity (Wildman–Crippen MR) is 95.4 cm³/mol. The van der Waals surface area contributed by atoms with Gasteiger partial charge in [-0.15, -0.1) is 0 Å². The second-order valence-electron chi connectivity index (χ2n) is 6.60. The van der Waals surface area contributed by atoms with Crippen LogP contribution in [0.2, 0.25) is 0 Å². The Balaban J connectivity index is 1.51. The third-order valence-electron chi connectivity index (χ3n) is 4.72. The van der Waals surface area contributed by atoms with Gasteiger partial charge in [0, 0.05) is 32.6 Å². The summed E-state index contributed by atoms with van der Waals surface area (Å²) in [7, 11) is 0. The summed E-state index contributed by atoms with van der Waals surface area (Å²) in [6.07, 6.45) is 0.495. The molecule has 3 rings (SSSR count). The normalized spacial score (nSPS) is 15.9. The quantitative estimate of drug-likeness (QED) is 0.859. The van der Waals surface area contributed by atoms with Crippen molar-refractivity contribution in [3.63, 3.8) is 0 Å². The lowest BCUT2D eigenvalue weighted by atomic mass is 9.97. The molecule has 0 radical (unpaired) electrons. The van der Waals surface area contributed by atoms with E-state index in [4.69, 9.17) is 4.42 Å². The van der Waals surface area contributed by atoms with E-state index in [1.807, 2.05) is 30.0 Å². The third-order valence-corrected chi connectivity index (χ3v) is 4.72. The Labute approximate surface area is 148 Å². The zero-order chi connectivity index (χ0) is 17.8. The van der Waals surface area contributed by atoms with Crippen LogP contribution in [0, 0.1) is 6.92 Å². The first-order valence-electron chi connectivity index (χ1n) is 8.73. The second-order valence-corrected chi connectivity index (χ2v) is 6.60. The largest absolute Gasteiger partial charge is 0.456 e. The number of aryl methyl sites for hydroxylation is 1. The molecule has 5 heteroatoms. The van der Waals surface area contributed by atoms with Gasteiger partial charge in [-0.25, -0.2) is 0 Å². The Morgan fingerprint density at radius 3 is 2.24 bits per heavy atom. The fourth-order valence-corrected chi connectivity index (χ4v) is 3.15. The highest BCUT2D eigenvalue weighted by Crippen LogP contribution is 2.20. The molecule has 1 aliphatic rings. The molecule has 0 saturated carbocycles. The molecular formula is C20H24N2O3. The Morgan fingerprint density at radius 1 is 1.00 bits per heavy atom. The van der Waals surface area contributed by atoms with Crippen LogP contribution < -0.4 is 0 Å². The molecule has 0 N–H and O–H groups in total. The van der Waals surface area contributed by atoms with Crippen LogP contribution in [0.3, 0.4) is 0 Å². The van der Waals surface area contributed by atoms with E-state index in [-0.39, 0.29) is 17.7 Å². The van der Waals surface area contributed by atoms with Crippen molar-refractivity contribution in [3.05, 3.63) is 59.5 Å². The molecule has 1 fully saturated rings. The van der Waals surface area contributed by atoms with Crippen molar-refractivity contribution >= 4 is 11.8 Å². The van der Waals surface area contributed by atoms with Crippen LogP contribution in [0.15, 0.2) is 46.9 Å². The van der Waals surface area contributed by atoms with Crippen molar-refractivity contribution in [3.8, 4) is 0 Å². The molecule has 132 valence electrons. The summed E-state index contributed by atoms with van der Waals surface area (Å²) in [4.78, 5) is 28.5. The molecule has 1 atom stereocenters. The minimum absolute atomic E-state index is 0.0992. The highest BCUT2D eigenvalue weighted by molar-refractivity contribution is 5.91. The monoisotopic (exact) mass is 340 g/mol. The van der Waals surface area contributed by atoms with Gasteiger partial charge in [0.2, 0.25) is 5.91 Å². The van der Waals surface area contributed by atoms with E-state index >= 15 is 0 Å². The number of carbonyl (C=O) groups is 2. The summed E-state index contributed by atoms with van der Waals surface area (Å²) >= 11 is 0. The Morgan fingerprint density at radius 2 is 1.64 bits per heavy atom. The number of nitrogens with zero attached hydrogens (tertiary/aromatic N) is 2. The molecular weight excluding hydrogens is 316 g/mol. The van der Waals surface area contributed by atoms with E-state index in [1.54, 1.807) is 17.0 Å². The lowest BCUT2D eigenvalue weighted by Gasteiger charge is -2.34. The van der Waals surface area contributed by atoms with E-state index in [2.05, 4.69) is 19.1 Å². The predicted octanol–water partition coefficient (Wildman–Crippen LogP) is 3.07. The summed E-state index contributed by atoms with van der Waals surface area (Å²) in [5.74, 6) is 1.34.